The number of sulfone groups is 2. The van der Waals surface area contributed by atoms with Crippen molar-refractivity contribution in [3.05, 3.63) is 24.3 Å². The molecule has 0 aromatic heterocycles. The number of nitrogens with zero attached hydrogens (tertiary/aromatic N) is 1. The molecule has 0 amide bonds. The zero-order valence-electron chi connectivity index (χ0n) is 10.2. The fraction of sp³-hybridized carbons (Fsp3) is 0.300. The van der Waals surface area contributed by atoms with E-state index in [1.165, 1.54) is 31.3 Å². The third-order valence-electron chi connectivity index (χ3n) is 2.09. The Balaban J connectivity index is 0.000000771. The van der Waals surface area contributed by atoms with Crippen LogP contribution in [0.1, 0.15) is 13.8 Å². The summed E-state index contributed by atoms with van der Waals surface area (Å²) in [7, 11) is -6.70. The average molecular weight is 290 g/mol. The van der Waals surface area contributed by atoms with Crippen LogP contribution >= 0.6 is 0 Å². The molecule has 1 aliphatic heterocycles. The number of benzene rings is 1. The van der Waals surface area contributed by atoms with Crippen LogP contribution < -0.4 is 5.43 Å². The van der Waals surface area contributed by atoms with Crippen molar-refractivity contribution in [1.29, 1.82) is 0 Å². The van der Waals surface area contributed by atoms with E-state index in [-0.39, 0.29) is 9.79 Å². The van der Waals surface area contributed by atoms with Crippen LogP contribution in [0, 0.1) is 0 Å². The van der Waals surface area contributed by atoms with E-state index in [1.54, 1.807) is 0 Å². The Kier molecular flexibility index (Phi) is 4.12. The number of fused-ring (bicyclic) bond motifs is 1. The maximum atomic E-state index is 11.8. The van der Waals surface area contributed by atoms with E-state index in [0.717, 1.165) is 0 Å². The molecular formula is C10H14N2O4S2. The van der Waals surface area contributed by atoms with Gasteiger partial charge in [-0.05, 0) is 12.1 Å². The highest BCUT2D eigenvalue weighted by atomic mass is 32.3. The summed E-state index contributed by atoms with van der Waals surface area (Å²) in [6.45, 7) is 4.00. The highest BCUT2D eigenvalue weighted by molar-refractivity contribution is 8.33. The van der Waals surface area contributed by atoms with Gasteiger partial charge < -0.3 is 5.43 Å². The molecule has 0 fully saturated rings. The zero-order chi connectivity index (χ0) is 14.0. The van der Waals surface area contributed by atoms with Gasteiger partial charge in [0.1, 0.15) is 0 Å². The van der Waals surface area contributed by atoms with Gasteiger partial charge in [-0.3, -0.25) is 0 Å². The van der Waals surface area contributed by atoms with Crippen LogP contribution in [0.15, 0.2) is 39.2 Å². The van der Waals surface area contributed by atoms with Gasteiger partial charge in [0, 0.05) is 7.05 Å². The standard InChI is InChI=1S/C8H8N2O4S2.C2H6/c1-9-10-8-15(11,12)6-4-2-3-5-7(6)16(8,13)14;1-2/h2-5,9H,1H3;1-2H3. The Hall–Kier alpha value is -1.41. The van der Waals surface area contributed by atoms with E-state index < -0.39 is 24.1 Å². The summed E-state index contributed by atoms with van der Waals surface area (Å²) in [6, 6.07) is 5.43. The first-order valence-electron chi connectivity index (χ1n) is 5.26. The molecule has 0 aliphatic carbocycles. The van der Waals surface area contributed by atoms with Crippen LogP contribution in [0.5, 0.6) is 0 Å². The second-order valence-corrected chi connectivity index (χ2v) is 6.98. The lowest BCUT2D eigenvalue weighted by molar-refractivity contribution is 0.603. The summed E-state index contributed by atoms with van der Waals surface area (Å²) in [5, 5.41) is 3.33. The molecule has 6 nitrogen and oxygen atoms in total. The lowest BCUT2D eigenvalue weighted by Gasteiger charge is -1.94. The van der Waals surface area contributed by atoms with Crippen LogP contribution in [0.2, 0.25) is 0 Å². The Labute approximate surface area is 107 Å². The van der Waals surface area contributed by atoms with E-state index in [9.17, 15) is 16.8 Å². The highest BCUT2D eigenvalue weighted by Gasteiger charge is 2.46. The first-order valence-corrected chi connectivity index (χ1v) is 8.22. The quantitative estimate of drug-likeness (QED) is 0.771. The van der Waals surface area contributed by atoms with Gasteiger partial charge >= 0.3 is 0 Å². The molecule has 1 N–H and O–H groups in total. The van der Waals surface area contributed by atoms with Crippen LogP contribution in [0.3, 0.4) is 0 Å². The minimum Gasteiger partial charge on any atom is -0.311 e. The number of hydrazone groups is 1. The third-order valence-corrected chi connectivity index (χ3v) is 6.51. The SMILES string of the molecule is CC.CNN=C1S(=O)(=O)c2ccccc2S1(=O)=O. The van der Waals surface area contributed by atoms with Gasteiger partial charge in [0.2, 0.25) is 19.7 Å². The second-order valence-electron chi connectivity index (χ2n) is 3.05. The van der Waals surface area contributed by atoms with Crippen LogP contribution in [-0.4, -0.2) is 28.3 Å². The van der Waals surface area contributed by atoms with Gasteiger partial charge in [0.25, 0.3) is 4.38 Å². The normalized spacial score (nSPS) is 18.3. The van der Waals surface area contributed by atoms with Crippen molar-refractivity contribution < 1.29 is 16.8 Å². The Morgan fingerprint density at radius 3 is 1.67 bits per heavy atom. The van der Waals surface area contributed by atoms with Gasteiger partial charge in [-0.1, -0.05) is 26.0 Å². The summed E-state index contributed by atoms with van der Waals surface area (Å²) in [5.41, 5.74) is 2.19. The zero-order valence-corrected chi connectivity index (χ0v) is 11.8. The molecule has 1 aromatic rings. The van der Waals surface area contributed by atoms with Crippen LogP contribution in [0.25, 0.3) is 0 Å². The Morgan fingerprint density at radius 2 is 1.33 bits per heavy atom. The van der Waals surface area contributed by atoms with E-state index in [4.69, 9.17) is 0 Å². The van der Waals surface area contributed by atoms with Gasteiger partial charge in [0.05, 0.1) is 9.79 Å². The molecule has 1 aromatic carbocycles. The monoisotopic (exact) mass is 290 g/mol. The molecule has 1 aliphatic rings. The van der Waals surface area contributed by atoms with Gasteiger partial charge in [-0.2, -0.15) is 5.10 Å². The minimum atomic E-state index is -4.02. The number of rotatable bonds is 1. The molecule has 2 rings (SSSR count). The summed E-state index contributed by atoms with van der Waals surface area (Å²) >= 11 is 0. The molecule has 0 spiro atoms. The van der Waals surface area contributed by atoms with E-state index >= 15 is 0 Å². The molecule has 0 bridgehead atoms. The molecule has 8 heteroatoms. The maximum absolute atomic E-state index is 11.8. The number of hydrogen-bond acceptors (Lipinski definition) is 6. The molecular weight excluding hydrogens is 276 g/mol. The molecule has 0 saturated heterocycles. The van der Waals surface area contributed by atoms with Crippen molar-refractivity contribution in [2.24, 2.45) is 5.10 Å². The summed E-state index contributed by atoms with van der Waals surface area (Å²) < 4.78 is 46.5. The van der Waals surface area contributed by atoms with Crippen molar-refractivity contribution in [1.82, 2.24) is 5.43 Å². The smallest absolute Gasteiger partial charge is 0.275 e. The predicted molar refractivity (Wildman–Crippen MR) is 68.7 cm³/mol. The summed E-state index contributed by atoms with van der Waals surface area (Å²) in [5.74, 6) is 0. The van der Waals surface area contributed by atoms with E-state index in [2.05, 4.69) is 10.5 Å². The molecule has 0 saturated carbocycles. The number of hydrogen-bond donors (Lipinski definition) is 1. The first-order chi connectivity index (χ1) is 8.42. The fourth-order valence-corrected chi connectivity index (χ4v) is 5.77. The fourth-order valence-electron chi connectivity index (χ4n) is 1.44. The largest absolute Gasteiger partial charge is 0.311 e. The number of nitrogens with one attached hydrogen (secondary N) is 1. The lowest BCUT2D eigenvalue weighted by Crippen LogP contribution is -2.19. The summed E-state index contributed by atoms with van der Waals surface area (Å²) in [4.78, 5) is -0.437. The molecule has 0 unspecified atom stereocenters. The lowest BCUT2D eigenvalue weighted by atomic mass is 10.4. The maximum Gasteiger partial charge on any atom is 0.275 e. The van der Waals surface area contributed by atoms with Crippen LogP contribution in [0.4, 0.5) is 0 Å². The molecule has 1 heterocycles. The summed E-state index contributed by atoms with van der Waals surface area (Å²) in [6.07, 6.45) is 0. The van der Waals surface area contributed by atoms with Gasteiger partial charge in [-0.15, -0.1) is 0 Å². The van der Waals surface area contributed by atoms with Crippen molar-refractivity contribution in [3.8, 4) is 0 Å². The predicted octanol–water partition coefficient (Wildman–Crippen LogP) is 0.764. The highest BCUT2D eigenvalue weighted by Crippen LogP contribution is 2.33. The second kappa shape index (κ2) is 5.07. The van der Waals surface area contributed by atoms with Crippen molar-refractivity contribution in [2.75, 3.05) is 7.05 Å². The van der Waals surface area contributed by atoms with Crippen molar-refractivity contribution in [3.63, 3.8) is 0 Å². The minimum absolute atomic E-state index is 0.219. The van der Waals surface area contributed by atoms with E-state index in [1.807, 2.05) is 13.8 Å². The molecule has 18 heavy (non-hydrogen) atoms. The molecule has 100 valence electrons. The van der Waals surface area contributed by atoms with Crippen LogP contribution in [-0.2, 0) is 19.7 Å². The van der Waals surface area contributed by atoms with Crippen molar-refractivity contribution >= 4 is 24.1 Å². The Morgan fingerprint density at radius 1 is 0.944 bits per heavy atom. The van der Waals surface area contributed by atoms with E-state index in [0.29, 0.717) is 0 Å². The molecule has 0 atom stereocenters. The topological polar surface area (TPSA) is 92.7 Å². The Bertz CT molecular complexity index is 621. The molecule has 0 radical (unpaired) electrons. The third kappa shape index (κ3) is 2.01. The van der Waals surface area contributed by atoms with Crippen molar-refractivity contribution in [2.45, 2.75) is 23.6 Å². The average Bonchev–Trinajstić information content (AvgIpc) is 2.51. The first kappa shape index (κ1) is 14.7. The van der Waals surface area contributed by atoms with Gasteiger partial charge in [-0.25, -0.2) is 16.8 Å². The van der Waals surface area contributed by atoms with Gasteiger partial charge in [0.15, 0.2) is 0 Å².